The van der Waals surface area contributed by atoms with Crippen molar-refractivity contribution in [2.24, 2.45) is 11.1 Å². The lowest BCUT2D eigenvalue weighted by Crippen LogP contribution is -2.59. The highest BCUT2D eigenvalue weighted by atomic mass is 16.2. The minimum Gasteiger partial charge on any atom is -0.361 e. The van der Waals surface area contributed by atoms with E-state index in [4.69, 9.17) is 5.73 Å². The molecule has 2 aromatic carbocycles. The Kier molecular flexibility index (Phi) is 9.85. The van der Waals surface area contributed by atoms with E-state index in [2.05, 4.69) is 15.7 Å². The summed E-state index contributed by atoms with van der Waals surface area (Å²) >= 11 is 0. The van der Waals surface area contributed by atoms with Gasteiger partial charge >= 0.3 is 0 Å². The van der Waals surface area contributed by atoms with Gasteiger partial charge in [-0.1, -0.05) is 54.6 Å². The molecule has 0 saturated carbocycles. The zero-order valence-electron chi connectivity index (χ0n) is 25.2. The van der Waals surface area contributed by atoms with Crippen molar-refractivity contribution in [3.63, 3.8) is 0 Å². The lowest BCUT2D eigenvalue weighted by molar-refractivity contribution is -0.146. The second-order valence-electron chi connectivity index (χ2n) is 12.4. The fourth-order valence-corrected chi connectivity index (χ4v) is 5.67. The van der Waals surface area contributed by atoms with Crippen LogP contribution in [0, 0.1) is 5.41 Å². The third-order valence-corrected chi connectivity index (χ3v) is 7.71. The summed E-state index contributed by atoms with van der Waals surface area (Å²) in [4.78, 5) is 46.0. The molecule has 1 aliphatic heterocycles. The van der Waals surface area contributed by atoms with Crippen LogP contribution >= 0.6 is 0 Å². The maximum Gasteiger partial charge on any atom is 0.245 e. The Labute approximate surface area is 248 Å². The van der Waals surface area contributed by atoms with Crippen LogP contribution in [0.2, 0.25) is 0 Å². The summed E-state index contributed by atoms with van der Waals surface area (Å²) in [5.74, 6) is -0.662. The molecule has 224 valence electrons. The van der Waals surface area contributed by atoms with Gasteiger partial charge in [0.05, 0.1) is 5.41 Å². The number of nitrogens with two attached hydrogens (primary N) is 1. The van der Waals surface area contributed by atoms with E-state index < -0.39 is 17.0 Å². The molecule has 5 N–H and O–H groups in total. The summed E-state index contributed by atoms with van der Waals surface area (Å²) in [5.41, 5.74) is 10.7. The second-order valence-corrected chi connectivity index (χ2v) is 12.4. The van der Waals surface area contributed by atoms with Gasteiger partial charge in [-0.2, -0.15) is 0 Å². The Bertz CT molecular complexity index is 1410. The summed E-state index contributed by atoms with van der Waals surface area (Å²) < 4.78 is 0. The number of para-hydroxylation sites is 1. The summed E-state index contributed by atoms with van der Waals surface area (Å²) in [6.45, 7) is 4.56. The third kappa shape index (κ3) is 8.08. The number of benzene rings is 2. The van der Waals surface area contributed by atoms with Gasteiger partial charge in [-0.15, -0.1) is 0 Å². The maximum absolute atomic E-state index is 14.2. The molecule has 0 unspecified atom stereocenters. The van der Waals surface area contributed by atoms with Crippen LogP contribution in [-0.2, 0) is 27.2 Å². The second kappa shape index (κ2) is 13.4. The Morgan fingerprint density at radius 3 is 2.55 bits per heavy atom. The highest BCUT2D eigenvalue weighted by Crippen LogP contribution is 2.35. The van der Waals surface area contributed by atoms with Crippen LogP contribution in [0.15, 0.2) is 72.9 Å². The number of aromatic amines is 1. The van der Waals surface area contributed by atoms with Gasteiger partial charge in [0.2, 0.25) is 17.7 Å². The van der Waals surface area contributed by atoms with E-state index in [1.165, 1.54) is 6.08 Å². The van der Waals surface area contributed by atoms with Crippen molar-refractivity contribution >= 4 is 28.6 Å². The molecule has 3 aromatic rings. The zero-order valence-corrected chi connectivity index (χ0v) is 25.2. The average molecular weight is 573 g/mol. The number of rotatable bonds is 11. The van der Waals surface area contributed by atoms with Crippen LogP contribution in [0.1, 0.15) is 44.2 Å². The van der Waals surface area contributed by atoms with E-state index in [9.17, 15) is 14.4 Å². The quantitative estimate of drug-likeness (QED) is 0.207. The van der Waals surface area contributed by atoms with Crippen molar-refractivity contribution < 1.29 is 14.4 Å². The van der Waals surface area contributed by atoms with Crippen LogP contribution < -0.4 is 16.5 Å². The Morgan fingerprint density at radius 2 is 1.83 bits per heavy atom. The maximum atomic E-state index is 14.2. The molecule has 2 heterocycles. The summed E-state index contributed by atoms with van der Waals surface area (Å²) in [6, 6.07) is 17.0. The monoisotopic (exact) mass is 572 g/mol. The normalized spacial score (nSPS) is 18.4. The molecule has 1 fully saturated rings. The van der Waals surface area contributed by atoms with Crippen LogP contribution in [-0.4, -0.2) is 71.4 Å². The minimum atomic E-state index is -0.809. The predicted octanol–water partition coefficient (Wildman–Crippen LogP) is 3.32. The average Bonchev–Trinajstić information content (AvgIpc) is 3.34. The first kappa shape index (κ1) is 31.0. The molecular formula is C33H44N6O3. The zero-order chi connectivity index (χ0) is 30.3. The van der Waals surface area contributed by atoms with E-state index in [-0.39, 0.29) is 24.3 Å². The number of carbonyl (C=O) groups excluding carboxylic acids is 3. The number of amides is 3. The fourth-order valence-electron chi connectivity index (χ4n) is 5.67. The van der Waals surface area contributed by atoms with Crippen molar-refractivity contribution in [3.05, 3.63) is 84.1 Å². The molecule has 1 saturated heterocycles. The number of hydrazine groups is 1. The number of hydrogen-bond donors (Lipinski definition) is 4. The van der Waals surface area contributed by atoms with E-state index in [0.29, 0.717) is 38.6 Å². The van der Waals surface area contributed by atoms with Gasteiger partial charge in [0.25, 0.3) is 0 Å². The summed E-state index contributed by atoms with van der Waals surface area (Å²) in [6.07, 6.45) is 7.76. The van der Waals surface area contributed by atoms with Crippen molar-refractivity contribution in [1.82, 2.24) is 25.6 Å². The molecule has 4 rings (SSSR count). The van der Waals surface area contributed by atoms with Crippen LogP contribution in [0.5, 0.6) is 0 Å². The fraction of sp³-hybridized carbons (Fsp3) is 0.424. The van der Waals surface area contributed by atoms with E-state index in [1.807, 2.05) is 74.6 Å². The molecular weight excluding hydrogens is 528 g/mol. The number of H-pyrrole nitrogens is 1. The van der Waals surface area contributed by atoms with Gasteiger partial charge < -0.3 is 20.9 Å². The number of likely N-dealkylation sites (tertiary alicyclic amines) is 1. The van der Waals surface area contributed by atoms with Crippen molar-refractivity contribution in [2.75, 3.05) is 27.2 Å². The Hall–Kier alpha value is -3.95. The number of fused-ring (bicyclic) bond motifs is 1. The lowest BCUT2D eigenvalue weighted by atomic mass is 9.74. The molecule has 0 aliphatic carbocycles. The van der Waals surface area contributed by atoms with Crippen LogP contribution in [0.3, 0.4) is 0 Å². The van der Waals surface area contributed by atoms with Gasteiger partial charge in [0.15, 0.2) is 0 Å². The van der Waals surface area contributed by atoms with Crippen molar-refractivity contribution in [2.45, 2.75) is 57.5 Å². The van der Waals surface area contributed by atoms with Gasteiger partial charge in [-0.05, 0) is 62.8 Å². The lowest BCUT2D eigenvalue weighted by Gasteiger charge is -2.43. The first-order valence-corrected chi connectivity index (χ1v) is 14.6. The van der Waals surface area contributed by atoms with Crippen molar-refractivity contribution in [1.29, 1.82) is 0 Å². The highest BCUT2D eigenvalue weighted by Gasteiger charge is 2.44. The van der Waals surface area contributed by atoms with Crippen LogP contribution in [0.4, 0.5) is 0 Å². The number of nitrogens with one attached hydrogen (secondary N) is 3. The van der Waals surface area contributed by atoms with Gasteiger partial charge in [0.1, 0.15) is 6.04 Å². The summed E-state index contributed by atoms with van der Waals surface area (Å²) in [5, 5.41) is 5.61. The standard InChI is InChI=1S/C33H44N6O3/c1-32(2,34)17-10-16-29(40)36-28(20-25-22-35-27-15-9-8-14-26(25)27)30(41)39-19-11-18-33(23-39,31(42)37-38(3)4)21-24-12-6-5-7-13-24/h5-10,12-16,22,28,35H,11,17-21,23,34H2,1-4H3,(H,36,40)(H,37,42)/t28-,33-/m1/s1. The molecule has 1 aliphatic rings. The Morgan fingerprint density at radius 1 is 1.12 bits per heavy atom. The van der Waals surface area contributed by atoms with E-state index >= 15 is 0 Å². The first-order chi connectivity index (χ1) is 20.0. The highest BCUT2D eigenvalue weighted by molar-refractivity contribution is 5.94. The molecule has 0 radical (unpaired) electrons. The largest absolute Gasteiger partial charge is 0.361 e. The number of nitrogens with zero attached hydrogens (tertiary/aromatic N) is 2. The smallest absolute Gasteiger partial charge is 0.245 e. The molecule has 9 nitrogen and oxygen atoms in total. The van der Waals surface area contributed by atoms with Crippen molar-refractivity contribution in [3.8, 4) is 0 Å². The number of aromatic nitrogens is 1. The van der Waals surface area contributed by atoms with Gasteiger partial charge in [-0.3, -0.25) is 19.8 Å². The van der Waals surface area contributed by atoms with E-state index in [0.717, 1.165) is 22.0 Å². The van der Waals surface area contributed by atoms with Gasteiger partial charge in [0, 0.05) is 56.2 Å². The number of piperidine rings is 1. The van der Waals surface area contributed by atoms with Crippen LogP contribution in [0.25, 0.3) is 10.9 Å². The SMILES string of the molecule is CN(C)NC(=O)[C@@]1(Cc2ccccc2)CCCN(C(=O)[C@@H](Cc2c[nH]c3ccccc23)NC(=O)C=CCC(C)(C)N)C1. The molecule has 42 heavy (non-hydrogen) atoms. The number of hydrogen-bond acceptors (Lipinski definition) is 5. The molecule has 9 heteroatoms. The van der Waals surface area contributed by atoms with Gasteiger partial charge in [-0.25, -0.2) is 5.01 Å². The third-order valence-electron chi connectivity index (χ3n) is 7.71. The molecule has 0 bridgehead atoms. The summed E-state index contributed by atoms with van der Waals surface area (Å²) in [7, 11) is 3.57. The van der Waals surface area contributed by atoms with E-state index in [1.54, 1.807) is 30.1 Å². The topological polar surface area (TPSA) is 124 Å². The molecule has 3 amide bonds. The predicted molar refractivity (Wildman–Crippen MR) is 166 cm³/mol. The number of carbonyl (C=O) groups is 3. The molecule has 0 spiro atoms. The first-order valence-electron chi connectivity index (χ1n) is 14.6. The molecule has 1 aromatic heterocycles. The Balaban J connectivity index is 1.61. The minimum absolute atomic E-state index is 0.113. The molecule has 2 atom stereocenters.